The van der Waals surface area contributed by atoms with Crippen molar-refractivity contribution in [2.45, 2.75) is 45.8 Å². The van der Waals surface area contributed by atoms with Gasteiger partial charge in [-0.05, 0) is 43.7 Å². The number of guanidine groups is 1. The molecule has 1 aliphatic heterocycles. The van der Waals surface area contributed by atoms with Crippen LogP contribution in [0, 0.1) is 17.2 Å². The first-order valence-electron chi connectivity index (χ1n) is 10.5. The number of benzene rings is 1. The van der Waals surface area contributed by atoms with Gasteiger partial charge in [0.1, 0.15) is 5.82 Å². The maximum absolute atomic E-state index is 13.1. The molecule has 1 aliphatic carbocycles. The minimum Gasteiger partial charge on any atom is -0.377 e. The van der Waals surface area contributed by atoms with Crippen LogP contribution in [-0.4, -0.2) is 47.6 Å². The second kappa shape index (κ2) is 9.64. The van der Waals surface area contributed by atoms with Crippen LogP contribution < -0.4 is 10.6 Å². The Hall–Kier alpha value is -1.68. The predicted octanol–water partition coefficient (Wildman–Crippen LogP) is 3.54. The van der Waals surface area contributed by atoms with Crippen LogP contribution in [-0.2, 0) is 11.2 Å². The third-order valence-corrected chi connectivity index (χ3v) is 6.11. The number of halogens is 2. The number of nitrogens with zero attached hydrogens (tertiary/aromatic N) is 3. The molecule has 4 rings (SSSR count). The molecule has 8 heteroatoms. The van der Waals surface area contributed by atoms with E-state index >= 15 is 0 Å². The fourth-order valence-electron chi connectivity index (χ4n) is 4.60. The van der Waals surface area contributed by atoms with E-state index in [0.717, 1.165) is 43.3 Å². The van der Waals surface area contributed by atoms with E-state index in [2.05, 4.69) is 36.5 Å². The molecule has 6 nitrogen and oxygen atoms in total. The van der Waals surface area contributed by atoms with E-state index in [1.807, 2.05) is 12.3 Å². The van der Waals surface area contributed by atoms with E-state index in [1.165, 1.54) is 12.1 Å². The van der Waals surface area contributed by atoms with E-state index in [4.69, 9.17) is 9.73 Å². The topological polar surface area (TPSA) is 63.5 Å². The van der Waals surface area contributed by atoms with E-state index in [0.29, 0.717) is 24.6 Å². The molecule has 2 aliphatic rings. The Bertz CT molecular complexity index is 867. The highest BCUT2D eigenvalue weighted by Gasteiger charge is 2.59. The smallest absolute Gasteiger partial charge is 0.191 e. The summed E-state index contributed by atoms with van der Waals surface area (Å²) in [5.74, 6) is 1.18. The highest BCUT2D eigenvalue weighted by atomic mass is 127. The van der Waals surface area contributed by atoms with Crippen molar-refractivity contribution < 1.29 is 9.13 Å². The summed E-state index contributed by atoms with van der Waals surface area (Å²) < 4.78 is 20.7. The molecule has 3 atom stereocenters. The van der Waals surface area contributed by atoms with Crippen molar-refractivity contribution in [2.24, 2.45) is 16.3 Å². The lowest BCUT2D eigenvalue weighted by molar-refractivity contribution is -0.106. The minimum absolute atomic E-state index is 0. The first kappa shape index (κ1) is 23.0. The number of hydrogen-bond acceptors (Lipinski definition) is 3. The first-order chi connectivity index (χ1) is 14.0. The van der Waals surface area contributed by atoms with E-state index in [1.54, 1.807) is 16.8 Å². The van der Waals surface area contributed by atoms with Crippen molar-refractivity contribution in [1.82, 2.24) is 20.4 Å². The largest absolute Gasteiger partial charge is 0.377 e. The van der Waals surface area contributed by atoms with Gasteiger partial charge in [0, 0.05) is 49.7 Å². The van der Waals surface area contributed by atoms with Gasteiger partial charge in [0.15, 0.2) is 5.96 Å². The Labute approximate surface area is 194 Å². The van der Waals surface area contributed by atoms with Crippen molar-refractivity contribution in [1.29, 1.82) is 0 Å². The predicted molar refractivity (Wildman–Crippen MR) is 127 cm³/mol. The molecule has 2 fully saturated rings. The average molecular weight is 527 g/mol. The molecule has 0 bridgehead atoms. The fourth-order valence-corrected chi connectivity index (χ4v) is 4.60. The molecule has 1 saturated heterocycles. The number of nitrogens with one attached hydrogen (secondary N) is 2. The van der Waals surface area contributed by atoms with Gasteiger partial charge in [-0.1, -0.05) is 13.8 Å². The minimum atomic E-state index is -0.246. The van der Waals surface area contributed by atoms with E-state index < -0.39 is 0 Å². The number of hydrogen-bond donors (Lipinski definition) is 2. The van der Waals surface area contributed by atoms with Gasteiger partial charge in [0.25, 0.3) is 0 Å². The van der Waals surface area contributed by atoms with E-state index in [-0.39, 0.29) is 35.2 Å². The monoisotopic (exact) mass is 527 g/mol. The van der Waals surface area contributed by atoms with Gasteiger partial charge in [-0.15, -0.1) is 24.0 Å². The Morgan fingerprint density at radius 2 is 2.07 bits per heavy atom. The van der Waals surface area contributed by atoms with Crippen molar-refractivity contribution in [3.8, 4) is 5.69 Å². The second-order valence-corrected chi connectivity index (χ2v) is 8.43. The molecule has 2 aromatic rings. The van der Waals surface area contributed by atoms with Gasteiger partial charge in [0.05, 0.1) is 17.5 Å². The number of ether oxygens (including phenoxy) is 1. The first-order valence-corrected chi connectivity index (χ1v) is 10.5. The lowest BCUT2D eigenvalue weighted by Gasteiger charge is -2.54. The summed E-state index contributed by atoms with van der Waals surface area (Å²) in [6, 6.07) is 8.68. The van der Waals surface area contributed by atoms with Crippen molar-refractivity contribution in [2.75, 3.05) is 19.7 Å². The molecule has 2 heterocycles. The summed E-state index contributed by atoms with van der Waals surface area (Å²) in [6.45, 7) is 8.94. The van der Waals surface area contributed by atoms with Crippen molar-refractivity contribution >= 4 is 29.9 Å². The van der Waals surface area contributed by atoms with Gasteiger partial charge < -0.3 is 15.4 Å². The molecule has 1 aromatic carbocycles. The van der Waals surface area contributed by atoms with Gasteiger partial charge in [-0.25, -0.2) is 9.07 Å². The van der Waals surface area contributed by atoms with Gasteiger partial charge in [-0.3, -0.25) is 4.99 Å². The fraction of sp³-hybridized carbons (Fsp3) is 0.545. The highest BCUT2D eigenvalue weighted by molar-refractivity contribution is 14.0. The number of rotatable bonds is 6. The Balaban J connectivity index is 0.00000256. The van der Waals surface area contributed by atoms with Crippen LogP contribution >= 0.6 is 24.0 Å². The molecular formula is C22H31FIN5O. The quantitative estimate of drug-likeness (QED) is 0.343. The molecule has 2 N–H and O–H groups in total. The van der Waals surface area contributed by atoms with Crippen molar-refractivity contribution in [3.05, 3.63) is 48.0 Å². The second-order valence-electron chi connectivity index (χ2n) is 8.43. The number of aromatic nitrogens is 2. The third-order valence-electron chi connectivity index (χ3n) is 6.11. The van der Waals surface area contributed by atoms with Crippen LogP contribution in [0.2, 0.25) is 0 Å². The van der Waals surface area contributed by atoms with Crippen LogP contribution in [0.5, 0.6) is 0 Å². The van der Waals surface area contributed by atoms with Gasteiger partial charge >= 0.3 is 0 Å². The summed E-state index contributed by atoms with van der Waals surface area (Å²) in [5, 5.41) is 11.6. The number of aliphatic imine (C=N–C) groups is 1. The van der Waals surface area contributed by atoms with E-state index in [9.17, 15) is 4.39 Å². The van der Waals surface area contributed by atoms with Crippen LogP contribution in [0.4, 0.5) is 4.39 Å². The van der Waals surface area contributed by atoms with Gasteiger partial charge in [0.2, 0.25) is 0 Å². The molecule has 1 aromatic heterocycles. The zero-order valence-corrected chi connectivity index (χ0v) is 20.1. The van der Waals surface area contributed by atoms with Gasteiger partial charge in [-0.2, -0.15) is 5.10 Å². The summed E-state index contributed by atoms with van der Waals surface area (Å²) >= 11 is 0. The Kier molecular flexibility index (Phi) is 7.38. The summed E-state index contributed by atoms with van der Waals surface area (Å²) in [5.41, 5.74) is 1.92. The van der Waals surface area contributed by atoms with Crippen LogP contribution in [0.25, 0.3) is 5.69 Å². The third kappa shape index (κ3) is 4.64. The lowest BCUT2D eigenvalue weighted by Crippen LogP contribution is -2.68. The SMILES string of the molecule is CCNC(=NCCc1ccn(-c2ccc(F)cc2)n1)NC1C2CCOC2C1(C)C.I. The molecule has 0 amide bonds. The molecule has 164 valence electrons. The molecule has 0 spiro atoms. The molecule has 30 heavy (non-hydrogen) atoms. The standard InChI is InChI=1S/C22H30FN5O.HI/c1-4-24-21(26-19-18-11-14-29-20(18)22(19,2)3)25-12-9-16-10-13-28(27-16)17-7-5-15(23)6-8-17;/h5-8,10,13,18-20H,4,9,11-12,14H2,1-3H3,(H2,24,25,26);1H. The zero-order valence-electron chi connectivity index (χ0n) is 17.8. The van der Waals surface area contributed by atoms with Crippen LogP contribution in [0.15, 0.2) is 41.5 Å². The molecule has 0 radical (unpaired) electrons. The lowest BCUT2D eigenvalue weighted by atomic mass is 9.57. The summed E-state index contributed by atoms with van der Waals surface area (Å²) in [4.78, 5) is 4.76. The highest BCUT2D eigenvalue weighted by Crippen LogP contribution is 2.52. The molecule has 3 unspecified atom stereocenters. The molecule has 1 saturated carbocycles. The summed E-state index contributed by atoms with van der Waals surface area (Å²) in [7, 11) is 0. The Morgan fingerprint density at radius 1 is 1.30 bits per heavy atom. The molecular weight excluding hydrogens is 496 g/mol. The maximum Gasteiger partial charge on any atom is 0.191 e. The summed E-state index contributed by atoms with van der Waals surface area (Å²) in [6.07, 6.45) is 4.12. The maximum atomic E-state index is 13.1. The van der Waals surface area contributed by atoms with Crippen LogP contribution in [0.3, 0.4) is 0 Å². The number of fused-ring (bicyclic) bond motifs is 1. The Morgan fingerprint density at radius 3 is 2.80 bits per heavy atom. The zero-order chi connectivity index (χ0) is 20.4. The van der Waals surface area contributed by atoms with Crippen molar-refractivity contribution in [3.63, 3.8) is 0 Å². The average Bonchev–Trinajstić information content (AvgIpc) is 3.35. The normalized spacial score (nSPS) is 24.5. The van der Waals surface area contributed by atoms with Crippen LogP contribution in [0.1, 0.15) is 32.9 Å².